The Kier molecular flexibility index (Phi) is 6.82. The summed E-state index contributed by atoms with van der Waals surface area (Å²) in [5.41, 5.74) is 1.71. The van der Waals surface area contributed by atoms with Crippen molar-refractivity contribution in [2.45, 2.75) is 78.4 Å². The highest BCUT2D eigenvalue weighted by Crippen LogP contribution is 2.61. The van der Waals surface area contributed by atoms with Crippen molar-refractivity contribution in [2.75, 3.05) is 20.5 Å². The Morgan fingerprint density at radius 3 is 2.81 bits per heavy atom. The van der Waals surface area contributed by atoms with Gasteiger partial charge < -0.3 is 9.47 Å². The molecule has 0 bridgehead atoms. The van der Waals surface area contributed by atoms with E-state index in [2.05, 4.69) is 33.8 Å². The molecular weight excluding hydrogens is 328 g/mol. The molecule has 0 radical (unpaired) electrons. The van der Waals surface area contributed by atoms with Gasteiger partial charge in [0, 0.05) is 13.0 Å². The Labute approximate surface area is 159 Å². The summed E-state index contributed by atoms with van der Waals surface area (Å²) in [6.45, 7) is 10.6. The lowest BCUT2D eigenvalue weighted by Crippen LogP contribution is -2.45. The van der Waals surface area contributed by atoms with Crippen LogP contribution < -0.4 is 0 Å². The van der Waals surface area contributed by atoms with Gasteiger partial charge in [-0.2, -0.15) is 0 Å². The standard InChI is InChI=1S/C22H38O4/c1-15(2)7-6-8-16(3)18-13-20(24-14-23-5)21-17-10-12-25-26-19(17)9-11-22(18,21)4/h10,15-16,18-21H,6-9,11-14H2,1-5H3/t16-,18-,19-,20+,21-,22-/m1/s1. The number of hydrogen-bond donors (Lipinski definition) is 0. The van der Waals surface area contributed by atoms with E-state index in [1.807, 2.05) is 0 Å². The van der Waals surface area contributed by atoms with E-state index in [0.29, 0.717) is 30.7 Å². The molecule has 2 aliphatic carbocycles. The zero-order valence-corrected chi connectivity index (χ0v) is 17.3. The first-order valence-corrected chi connectivity index (χ1v) is 10.6. The molecule has 1 heterocycles. The van der Waals surface area contributed by atoms with Gasteiger partial charge in [0.15, 0.2) is 0 Å². The van der Waals surface area contributed by atoms with Crippen LogP contribution in [0.5, 0.6) is 0 Å². The van der Waals surface area contributed by atoms with Crippen molar-refractivity contribution in [1.29, 1.82) is 0 Å². The van der Waals surface area contributed by atoms with Crippen molar-refractivity contribution in [3.8, 4) is 0 Å². The first kappa shape index (κ1) is 20.3. The van der Waals surface area contributed by atoms with E-state index in [4.69, 9.17) is 19.2 Å². The highest BCUT2D eigenvalue weighted by molar-refractivity contribution is 5.26. The molecule has 0 unspecified atom stereocenters. The van der Waals surface area contributed by atoms with Gasteiger partial charge in [-0.1, -0.05) is 53.0 Å². The van der Waals surface area contributed by atoms with Gasteiger partial charge >= 0.3 is 0 Å². The quantitative estimate of drug-likeness (QED) is 0.339. The van der Waals surface area contributed by atoms with Gasteiger partial charge in [-0.15, -0.1) is 0 Å². The van der Waals surface area contributed by atoms with Crippen molar-refractivity contribution in [1.82, 2.24) is 0 Å². The molecular formula is C22H38O4. The van der Waals surface area contributed by atoms with Crippen LogP contribution in [0.25, 0.3) is 0 Å². The molecule has 26 heavy (non-hydrogen) atoms. The first-order chi connectivity index (χ1) is 12.5. The van der Waals surface area contributed by atoms with Crippen molar-refractivity contribution in [3.05, 3.63) is 11.6 Å². The molecule has 150 valence electrons. The molecule has 0 aromatic heterocycles. The number of fused-ring (bicyclic) bond motifs is 3. The minimum absolute atomic E-state index is 0.116. The molecule has 0 aromatic rings. The van der Waals surface area contributed by atoms with Crippen LogP contribution in [0.4, 0.5) is 0 Å². The first-order valence-electron chi connectivity index (χ1n) is 10.6. The van der Waals surface area contributed by atoms with Crippen LogP contribution in [-0.2, 0) is 19.2 Å². The van der Waals surface area contributed by atoms with E-state index < -0.39 is 0 Å². The van der Waals surface area contributed by atoms with E-state index in [1.165, 1.54) is 31.3 Å². The van der Waals surface area contributed by atoms with Crippen LogP contribution in [0.1, 0.15) is 66.2 Å². The van der Waals surface area contributed by atoms with E-state index in [0.717, 1.165) is 24.7 Å². The van der Waals surface area contributed by atoms with Crippen LogP contribution in [0.2, 0.25) is 0 Å². The normalized spacial score (nSPS) is 38.0. The second-order valence-electron chi connectivity index (χ2n) is 9.35. The lowest BCUT2D eigenvalue weighted by molar-refractivity contribution is -0.324. The van der Waals surface area contributed by atoms with Crippen LogP contribution in [0, 0.1) is 29.1 Å². The van der Waals surface area contributed by atoms with Gasteiger partial charge in [0.25, 0.3) is 0 Å². The van der Waals surface area contributed by atoms with Crippen LogP contribution in [-0.4, -0.2) is 32.7 Å². The minimum atomic E-state index is 0.116. The highest BCUT2D eigenvalue weighted by atomic mass is 17.2. The topological polar surface area (TPSA) is 36.9 Å². The summed E-state index contributed by atoms with van der Waals surface area (Å²) in [6, 6.07) is 0. The molecule has 0 saturated heterocycles. The Morgan fingerprint density at radius 2 is 2.08 bits per heavy atom. The number of ether oxygens (including phenoxy) is 2. The average molecular weight is 367 g/mol. The molecule has 4 nitrogen and oxygen atoms in total. The Morgan fingerprint density at radius 1 is 1.27 bits per heavy atom. The summed E-state index contributed by atoms with van der Waals surface area (Å²) < 4.78 is 11.4. The number of methoxy groups -OCH3 is 1. The Bertz CT molecular complexity index is 489. The second-order valence-corrected chi connectivity index (χ2v) is 9.35. The van der Waals surface area contributed by atoms with Crippen LogP contribution in [0.15, 0.2) is 11.6 Å². The largest absolute Gasteiger partial charge is 0.359 e. The molecule has 0 amide bonds. The summed E-state index contributed by atoms with van der Waals surface area (Å²) in [6.07, 6.45) is 9.98. The summed E-state index contributed by atoms with van der Waals surface area (Å²) in [5.74, 6) is 2.66. The van der Waals surface area contributed by atoms with Gasteiger partial charge in [0.2, 0.25) is 0 Å². The van der Waals surface area contributed by atoms with Crippen molar-refractivity contribution in [3.63, 3.8) is 0 Å². The predicted octanol–water partition coefficient (Wildman–Crippen LogP) is 5.13. The Hall–Kier alpha value is -0.420. The SMILES string of the molecule is COCO[C@H]1C[C@H]([C@H](C)CCCC(C)C)[C@@]2(C)CC[C@H]3OOCC=C3[C@H]12. The van der Waals surface area contributed by atoms with Gasteiger partial charge in [-0.05, 0) is 48.0 Å². The summed E-state index contributed by atoms with van der Waals surface area (Å²) in [4.78, 5) is 10.9. The van der Waals surface area contributed by atoms with E-state index >= 15 is 0 Å². The molecule has 3 rings (SSSR count). The monoisotopic (exact) mass is 366 g/mol. The predicted molar refractivity (Wildman–Crippen MR) is 102 cm³/mol. The fourth-order valence-electron chi connectivity index (χ4n) is 5.92. The van der Waals surface area contributed by atoms with E-state index in [-0.39, 0.29) is 12.2 Å². The van der Waals surface area contributed by atoms with Gasteiger partial charge in [0.05, 0.1) is 6.10 Å². The maximum atomic E-state index is 6.20. The molecule has 0 spiro atoms. The molecule has 4 heteroatoms. The fourth-order valence-corrected chi connectivity index (χ4v) is 5.92. The van der Waals surface area contributed by atoms with Crippen molar-refractivity contribution in [2.24, 2.45) is 29.1 Å². The number of rotatable bonds is 8. The summed E-state index contributed by atoms with van der Waals surface area (Å²) >= 11 is 0. The smallest absolute Gasteiger partial charge is 0.146 e. The maximum Gasteiger partial charge on any atom is 0.146 e. The van der Waals surface area contributed by atoms with Gasteiger partial charge in [-0.3, -0.25) is 0 Å². The van der Waals surface area contributed by atoms with Crippen LogP contribution >= 0.6 is 0 Å². The van der Waals surface area contributed by atoms with Gasteiger partial charge in [0.1, 0.15) is 19.5 Å². The average Bonchev–Trinajstić information content (AvgIpc) is 2.92. The lowest BCUT2D eigenvalue weighted by atomic mass is 9.59. The zero-order valence-electron chi connectivity index (χ0n) is 17.3. The van der Waals surface area contributed by atoms with Crippen molar-refractivity contribution < 1.29 is 19.2 Å². The Balaban J connectivity index is 1.78. The molecule has 0 aromatic carbocycles. The second kappa shape index (κ2) is 8.72. The zero-order chi connectivity index (χ0) is 18.7. The third kappa shape index (κ3) is 4.04. The number of hydrogen-bond acceptors (Lipinski definition) is 4. The third-order valence-corrected chi connectivity index (χ3v) is 7.19. The maximum absolute atomic E-state index is 6.20. The lowest BCUT2D eigenvalue weighted by Gasteiger charge is -2.47. The van der Waals surface area contributed by atoms with Crippen molar-refractivity contribution >= 4 is 0 Å². The molecule has 2 fully saturated rings. The highest BCUT2D eigenvalue weighted by Gasteiger charge is 2.58. The van der Waals surface area contributed by atoms with E-state index in [1.54, 1.807) is 7.11 Å². The minimum Gasteiger partial charge on any atom is -0.359 e. The molecule has 6 atom stereocenters. The van der Waals surface area contributed by atoms with E-state index in [9.17, 15) is 0 Å². The van der Waals surface area contributed by atoms with Crippen LogP contribution in [0.3, 0.4) is 0 Å². The summed E-state index contributed by atoms with van der Waals surface area (Å²) in [5, 5.41) is 0. The molecule has 0 N–H and O–H groups in total. The fraction of sp³-hybridized carbons (Fsp3) is 0.909. The molecule has 3 aliphatic rings. The molecule has 1 aliphatic heterocycles. The van der Waals surface area contributed by atoms with Gasteiger partial charge in [-0.25, -0.2) is 9.78 Å². The summed E-state index contributed by atoms with van der Waals surface area (Å²) in [7, 11) is 1.71. The third-order valence-electron chi connectivity index (χ3n) is 7.19. The molecule has 2 saturated carbocycles.